The molecule has 2 aliphatic heterocycles. The van der Waals surface area contributed by atoms with E-state index in [2.05, 4.69) is 0 Å². The highest BCUT2D eigenvalue weighted by molar-refractivity contribution is 6.45. The first-order chi connectivity index (χ1) is 14.4. The molecule has 0 radical (unpaired) electrons. The zero-order valence-electron chi connectivity index (χ0n) is 17.1. The van der Waals surface area contributed by atoms with Gasteiger partial charge in [-0.25, -0.2) is 9.29 Å². The smallest absolute Gasteiger partial charge is 0.282 e. The monoisotopic (exact) mass is 410 g/mol. The summed E-state index contributed by atoms with van der Waals surface area (Å²) < 4.78 is 24.7. The van der Waals surface area contributed by atoms with Gasteiger partial charge >= 0.3 is 0 Å². The van der Waals surface area contributed by atoms with E-state index in [0.29, 0.717) is 35.8 Å². The molecule has 0 spiro atoms. The minimum absolute atomic E-state index is 0.0982. The van der Waals surface area contributed by atoms with Gasteiger partial charge in [-0.2, -0.15) is 0 Å². The van der Waals surface area contributed by atoms with Crippen molar-refractivity contribution < 1.29 is 23.5 Å². The fourth-order valence-electron chi connectivity index (χ4n) is 4.08. The lowest BCUT2D eigenvalue weighted by Crippen LogP contribution is -2.47. The second-order valence-corrected chi connectivity index (χ2v) is 7.51. The average Bonchev–Trinajstić information content (AvgIpc) is 2.98. The lowest BCUT2D eigenvalue weighted by Gasteiger charge is -2.37. The van der Waals surface area contributed by atoms with Gasteiger partial charge in [-0.1, -0.05) is 24.3 Å². The molecule has 0 N–H and O–H groups in total. The summed E-state index contributed by atoms with van der Waals surface area (Å²) in [7, 11) is 1.49. The number of hydrogen-bond donors (Lipinski definition) is 0. The number of rotatable bonds is 4. The van der Waals surface area contributed by atoms with E-state index in [0.717, 1.165) is 4.90 Å². The number of ether oxygens (including phenoxy) is 2. The molecule has 2 aliphatic rings. The fourth-order valence-corrected chi connectivity index (χ4v) is 4.08. The minimum Gasteiger partial charge on any atom is -0.495 e. The van der Waals surface area contributed by atoms with Crippen LogP contribution in [-0.4, -0.2) is 49.1 Å². The molecule has 2 aromatic carbocycles. The van der Waals surface area contributed by atoms with Crippen molar-refractivity contribution >= 4 is 23.1 Å². The molecular formula is C23H23FN2O4. The Kier molecular flexibility index (Phi) is 5.30. The van der Waals surface area contributed by atoms with E-state index in [9.17, 15) is 14.0 Å². The number of morpholine rings is 1. The van der Waals surface area contributed by atoms with Crippen LogP contribution < -0.4 is 9.64 Å². The predicted molar refractivity (Wildman–Crippen MR) is 110 cm³/mol. The Bertz CT molecular complexity index is 1010. The van der Waals surface area contributed by atoms with Crippen LogP contribution in [0.3, 0.4) is 0 Å². The van der Waals surface area contributed by atoms with Crippen LogP contribution >= 0.6 is 0 Å². The number of amides is 2. The summed E-state index contributed by atoms with van der Waals surface area (Å²) in [6.45, 7) is 4.81. The summed E-state index contributed by atoms with van der Waals surface area (Å²) in [5, 5.41) is 0. The maximum Gasteiger partial charge on any atom is 0.282 e. The van der Waals surface area contributed by atoms with E-state index in [1.807, 2.05) is 18.7 Å². The summed E-state index contributed by atoms with van der Waals surface area (Å²) in [6, 6.07) is 12.5. The number of imide groups is 1. The maximum absolute atomic E-state index is 13.6. The van der Waals surface area contributed by atoms with Gasteiger partial charge in [0.2, 0.25) is 0 Å². The van der Waals surface area contributed by atoms with Crippen LogP contribution in [0, 0.1) is 5.82 Å². The predicted octanol–water partition coefficient (Wildman–Crippen LogP) is 3.23. The van der Waals surface area contributed by atoms with E-state index in [1.165, 1.54) is 31.4 Å². The Morgan fingerprint density at radius 1 is 0.967 bits per heavy atom. The summed E-state index contributed by atoms with van der Waals surface area (Å²) in [5.41, 5.74) is 1.43. The summed E-state index contributed by atoms with van der Waals surface area (Å²) in [4.78, 5) is 30.1. The molecular weight excluding hydrogens is 387 g/mol. The molecule has 1 fully saturated rings. The molecule has 2 atom stereocenters. The summed E-state index contributed by atoms with van der Waals surface area (Å²) in [5.74, 6) is -0.876. The van der Waals surface area contributed by atoms with Gasteiger partial charge in [0, 0.05) is 13.1 Å². The van der Waals surface area contributed by atoms with Gasteiger partial charge in [-0.05, 0) is 43.7 Å². The molecule has 0 saturated carbocycles. The zero-order chi connectivity index (χ0) is 21.4. The third-order valence-corrected chi connectivity index (χ3v) is 5.25. The van der Waals surface area contributed by atoms with Crippen molar-refractivity contribution in [1.82, 2.24) is 4.90 Å². The molecule has 1 saturated heterocycles. The topological polar surface area (TPSA) is 59.1 Å². The highest BCUT2D eigenvalue weighted by Crippen LogP contribution is 2.39. The molecule has 0 bridgehead atoms. The molecule has 0 aliphatic carbocycles. The van der Waals surface area contributed by atoms with E-state index >= 15 is 0 Å². The second-order valence-electron chi connectivity index (χ2n) is 7.51. The number of para-hydroxylation sites is 2. The lowest BCUT2D eigenvalue weighted by atomic mass is 10.0. The zero-order valence-corrected chi connectivity index (χ0v) is 17.1. The normalized spacial score (nSPS) is 22.1. The first-order valence-electron chi connectivity index (χ1n) is 9.83. The van der Waals surface area contributed by atoms with E-state index < -0.39 is 17.6 Å². The van der Waals surface area contributed by atoms with Crippen LogP contribution in [0.25, 0.3) is 5.57 Å². The van der Waals surface area contributed by atoms with E-state index in [4.69, 9.17) is 9.47 Å². The Hall–Kier alpha value is -3.19. The third-order valence-electron chi connectivity index (χ3n) is 5.25. The van der Waals surface area contributed by atoms with Crippen molar-refractivity contribution in [2.75, 3.05) is 25.1 Å². The molecule has 0 aromatic heterocycles. The van der Waals surface area contributed by atoms with Crippen molar-refractivity contribution in [1.29, 1.82) is 0 Å². The average molecular weight is 410 g/mol. The van der Waals surface area contributed by atoms with Crippen LogP contribution in [0.4, 0.5) is 10.1 Å². The highest BCUT2D eigenvalue weighted by Gasteiger charge is 2.44. The number of anilines is 1. The van der Waals surface area contributed by atoms with Crippen molar-refractivity contribution in [3.8, 4) is 5.75 Å². The molecule has 2 amide bonds. The summed E-state index contributed by atoms with van der Waals surface area (Å²) >= 11 is 0. The number of nitrogens with zero attached hydrogens (tertiary/aromatic N) is 2. The van der Waals surface area contributed by atoms with Gasteiger partial charge in [0.1, 0.15) is 17.3 Å². The number of benzene rings is 2. The largest absolute Gasteiger partial charge is 0.495 e. The van der Waals surface area contributed by atoms with Crippen LogP contribution in [0.5, 0.6) is 5.75 Å². The van der Waals surface area contributed by atoms with Crippen molar-refractivity contribution in [2.24, 2.45) is 0 Å². The number of carbonyl (C=O) groups is 2. The number of halogens is 1. The van der Waals surface area contributed by atoms with Gasteiger partial charge in [0.25, 0.3) is 11.8 Å². The SMILES string of the molecule is COc1ccccc1N1C(=O)C(c2ccc(F)cc2)=C(N2CC(C)OC(C)C2)C1=O. The van der Waals surface area contributed by atoms with Crippen molar-refractivity contribution in [2.45, 2.75) is 26.1 Å². The lowest BCUT2D eigenvalue weighted by molar-refractivity contribution is -0.121. The van der Waals surface area contributed by atoms with Gasteiger partial charge in [0.05, 0.1) is 30.6 Å². The van der Waals surface area contributed by atoms with Gasteiger partial charge in [-0.15, -0.1) is 0 Å². The molecule has 30 heavy (non-hydrogen) atoms. The van der Waals surface area contributed by atoms with Gasteiger partial charge < -0.3 is 14.4 Å². The standard InChI is InChI=1S/C23H23FN2O4/c1-14-12-25(13-15(2)30-14)21-20(16-8-10-17(24)11-9-16)22(27)26(23(21)28)18-6-4-5-7-19(18)29-3/h4-11,14-15H,12-13H2,1-3H3. The first-order valence-corrected chi connectivity index (χ1v) is 9.83. The second kappa shape index (κ2) is 7.91. The number of carbonyl (C=O) groups excluding carboxylic acids is 2. The Morgan fingerprint density at radius 3 is 2.23 bits per heavy atom. The molecule has 2 heterocycles. The molecule has 4 rings (SSSR count). The van der Waals surface area contributed by atoms with Crippen LogP contribution in [0.1, 0.15) is 19.4 Å². The Labute approximate surface area is 174 Å². The molecule has 2 aromatic rings. The highest BCUT2D eigenvalue weighted by atomic mass is 19.1. The van der Waals surface area contributed by atoms with Crippen LogP contribution in [0.15, 0.2) is 54.2 Å². The fraction of sp³-hybridized carbons (Fsp3) is 0.304. The van der Waals surface area contributed by atoms with Gasteiger partial charge in [0.15, 0.2) is 0 Å². The van der Waals surface area contributed by atoms with Gasteiger partial charge in [-0.3, -0.25) is 9.59 Å². The number of methoxy groups -OCH3 is 1. The van der Waals surface area contributed by atoms with Crippen LogP contribution in [-0.2, 0) is 14.3 Å². The van der Waals surface area contributed by atoms with Crippen molar-refractivity contribution in [3.63, 3.8) is 0 Å². The molecule has 2 unspecified atom stereocenters. The molecule has 7 heteroatoms. The van der Waals surface area contributed by atoms with Crippen LogP contribution in [0.2, 0.25) is 0 Å². The summed E-state index contributed by atoms with van der Waals surface area (Å²) in [6.07, 6.45) is -0.196. The minimum atomic E-state index is -0.460. The quantitative estimate of drug-likeness (QED) is 0.725. The first kappa shape index (κ1) is 20.1. The number of hydrogen-bond acceptors (Lipinski definition) is 5. The maximum atomic E-state index is 13.6. The molecule has 6 nitrogen and oxygen atoms in total. The molecule has 156 valence electrons. The van der Waals surface area contributed by atoms with E-state index in [1.54, 1.807) is 24.3 Å². The van der Waals surface area contributed by atoms with Crippen molar-refractivity contribution in [3.05, 3.63) is 65.6 Å². The Balaban J connectivity index is 1.85. The Morgan fingerprint density at radius 2 is 1.60 bits per heavy atom. The third kappa shape index (κ3) is 3.45. The van der Waals surface area contributed by atoms with E-state index in [-0.39, 0.29) is 17.8 Å².